The van der Waals surface area contributed by atoms with Crippen molar-refractivity contribution < 1.29 is 4.74 Å². The Kier molecular flexibility index (Phi) is 8.85. The van der Waals surface area contributed by atoms with Crippen molar-refractivity contribution in [2.24, 2.45) is 16.6 Å². The first-order valence-electron chi connectivity index (χ1n) is 9.14. The first-order chi connectivity index (χ1) is 12.7. The van der Waals surface area contributed by atoms with Crippen LogP contribution in [0.4, 0.5) is 5.69 Å². The number of halogens is 1. The minimum atomic E-state index is 0. The topological polar surface area (TPSA) is 62.9 Å². The number of hydrogen-bond donors (Lipinski definition) is 2. The molecule has 1 fully saturated rings. The Balaban J connectivity index is 0.00000261. The third kappa shape index (κ3) is 6.36. The van der Waals surface area contributed by atoms with Crippen LogP contribution < -0.4 is 15.8 Å². The maximum Gasteiger partial charge on any atom is 0.193 e. The summed E-state index contributed by atoms with van der Waals surface area (Å²) in [6, 6.07) is 12.3. The van der Waals surface area contributed by atoms with Crippen LogP contribution in [-0.4, -0.2) is 37.6 Å². The summed E-state index contributed by atoms with van der Waals surface area (Å²) in [5.41, 5.74) is 7.01. The molecule has 1 unspecified atom stereocenters. The molecule has 1 saturated heterocycles. The van der Waals surface area contributed by atoms with Gasteiger partial charge in [-0.1, -0.05) is 19.1 Å². The van der Waals surface area contributed by atoms with Crippen molar-refractivity contribution in [1.29, 1.82) is 0 Å². The summed E-state index contributed by atoms with van der Waals surface area (Å²) in [6.07, 6.45) is 2.51. The lowest BCUT2D eigenvalue weighted by molar-refractivity contribution is 0.143. The molecular weight excluding hydrogens is 471 g/mol. The van der Waals surface area contributed by atoms with Crippen molar-refractivity contribution in [3.05, 3.63) is 46.7 Å². The third-order valence-corrected chi connectivity index (χ3v) is 5.88. The van der Waals surface area contributed by atoms with Crippen molar-refractivity contribution in [3.8, 4) is 5.75 Å². The van der Waals surface area contributed by atoms with Crippen LogP contribution >= 0.6 is 35.3 Å². The van der Waals surface area contributed by atoms with Crippen LogP contribution in [0.5, 0.6) is 5.75 Å². The largest absolute Gasteiger partial charge is 0.497 e. The molecule has 1 aliphatic heterocycles. The standard InChI is InChI=1S/C20H28N4OS.HI/c1-15-8-10-24(11-9-15)18(19-7-4-12-26-19)14-22-20(21)23-16-5-3-6-17(13-16)25-2;/h3-7,12-13,15,18H,8-11,14H2,1-2H3,(H3,21,22,23);1H. The lowest BCUT2D eigenvalue weighted by Gasteiger charge is -2.35. The van der Waals surface area contributed by atoms with Crippen LogP contribution in [0, 0.1) is 5.92 Å². The second-order valence-corrected chi connectivity index (χ2v) is 7.81. The van der Waals surface area contributed by atoms with Crippen LogP contribution in [0.25, 0.3) is 0 Å². The summed E-state index contributed by atoms with van der Waals surface area (Å²) < 4.78 is 5.25. The van der Waals surface area contributed by atoms with Crippen LogP contribution in [0.15, 0.2) is 46.8 Å². The molecule has 0 spiro atoms. The first kappa shape index (κ1) is 22.0. The summed E-state index contributed by atoms with van der Waals surface area (Å²) >= 11 is 1.80. The smallest absolute Gasteiger partial charge is 0.193 e. The summed E-state index contributed by atoms with van der Waals surface area (Å²) in [4.78, 5) is 8.54. The van der Waals surface area contributed by atoms with Gasteiger partial charge in [0.1, 0.15) is 5.75 Å². The molecule has 0 bridgehead atoms. The summed E-state index contributed by atoms with van der Waals surface area (Å²) in [5, 5.41) is 5.30. The van der Waals surface area contributed by atoms with Crippen LogP contribution in [-0.2, 0) is 0 Å². The number of nitrogens with one attached hydrogen (secondary N) is 1. The molecule has 5 nitrogen and oxygen atoms in total. The fraction of sp³-hybridized carbons (Fsp3) is 0.450. The van der Waals surface area contributed by atoms with Gasteiger partial charge in [-0.05, 0) is 55.4 Å². The summed E-state index contributed by atoms with van der Waals surface area (Å²) in [6.45, 7) is 5.26. The van der Waals surface area contributed by atoms with Crippen molar-refractivity contribution >= 4 is 47.0 Å². The van der Waals surface area contributed by atoms with Gasteiger partial charge >= 0.3 is 0 Å². The van der Waals surface area contributed by atoms with Gasteiger partial charge in [-0.3, -0.25) is 9.89 Å². The van der Waals surface area contributed by atoms with Crippen LogP contribution in [0.1, 0.15) is 30.7 Å². The monoisotopic (exact) mass is 500 g/mol. The number of aliphatic imine (C=N–C) groups is 1. The fourth-order valence-corrected chi connectivity index (χ4v) is 4.13. The quantitative estimate of drug-likeness (QED) is 0.347. The Morgan fingerprint density at radius 2 is 2.11 bits per heavy atom. The molecule has 3 rings (SSSR count). The van der Waals surface area contributed by atoms with E-state index in [4.69, 9.17) is 10.5 Å². The van der Waals surface area contributed by atoms with E-state index in [1.165, 1.54) is 17.7 Å². The maximum absolute atomic E-state index is 6.13. The van der Waals surface area contributed by atoms with Crippen molar-refractivity contribution in [1.82, 2.24) is 4.90 Å². The van der Waals surface area contributed by atoms with Crippen LogP contribution in [0.2, 0.25) is 0 Å². The molecule has 148 valence electrons. The number of thiophene rings is 1. The number of anilines is 1. The number of nitrogens with two attached hydrogens (primary N) is 1. The van der Waals surface area contributed by atoms with Gasteiger partial charge in [0.15, 0.2) is 5.96 Å². The van der Waals surface area contributed by atoms with E-state index in [1.807, 2.05) is 24.3 Å². The minimum Gasteiger partial charge on any atom is -0.497 e. The van der Waals surface area contributed by atoms with E-state index in [9.17, 15) is 0 Å². The second kappa shape index (κ2) is 10.9. The normalized spacial score (nSPS) is 17.2. The van der Waals surface area contributed by atoms with Crippen molar-refractivity contribution in [2.45, 2.75) is 25.8 Å². The highest BCUT2D eigenvalue weighted by molar-refractivity contribution is 14.0. The molecule has 1 atom stereocenters. The number of piperidine rings is 1. The Morgan fingerprint density at radius 1 is 1.33 bits per heavy atom. The lowest BCUT2D eigenvalue weighted by Crippen LogP contribution is -2.37. The molecule has 0 aliphatic carbocycles. The number of guanidine groups is 1. The first-order valence-corrected chi connectivity index (χ1v) is 10.0. The molecule has 7 heteroatoms. The molecule has 3 N–H and O–H groups in total. The number of likely N-dealkylation sites (tertiary alicyclic amines) is 1. The lowest BCUT2D eigenvalue weighted by atomic mass is 9.97. The van der Waals surface area contributed by atoms with Gasteiger partial charge in [0, 0.05) is 16.6 Å². The van der Waals surface area contributed by atoms with Gasteiger partial charge in [0.25, 0.3) is 0 Å². The Morgan fingerprint density at radius 3 is 2.78 bits per heavy atom. The van der Waals surface area contributed by atoms with Crippen molar-refractivity contribution in [2.75, 3.05) is 32.1 Å². The zero-order valence-electron chi connectivity index (χ0n) is 15.9. The van der Waals surface area contributed by atoms with Gasteiger partial charge in [-0.15, -0.1) is 35.3 Å². The van der Waals surface area contributed by atoms with E-state index >= 15 is 0 Å². The number of methoxy groups -OCH3 is 1. The van der Waals surface area contributed by atoms with Crippen molar-refractivity contribution in [3.63, 3.8) is 0 Å². The molecule has 0 saturated carbocycles. The Hall–Kier alpha value is -1.32. The predicted molar refractivity (Wildman–Crippen MR) is 126 cm³/mol. The van der Waals surface area contributed by atoms with E-state index in [1.54, 1.807) is 18.4 Å². The average Bonchev–Trinajstić information content (AvgIpc) is 3.18. The van der Waals surface area contributed by atoms with Gasteiger partial charge < -0.3 is 15.8 Å². The van der Waals surface area contributed by atoms with Gasteiger partial charge in [-0.25, -0.2) is 0 Å². The molecule has 0 amide bonds. The molecule has 1 aliphatic rings. The Labute approximate surface area is 183 Å². The van der Waals surface area contributed by atoms with Gasteiger partial charge in [0.05, 0.1) is 19.7 Å². The molecular formula is C20H29IN4OS. The van der Waals surface area contributed by atoms with Gasteiger partial charge in [-0.2, -0.15) is 0 Å². The van der Waals surface area contributed by atoms with E-state index in [0.717, 1.165) is 30.4 Å². The number of nitrogens with zero attached hydrogens (tertiary/aromatic N) is 2. The molecule has 2 heterocycles. The molecule has 2 aromatic rings. The maximum atomic E-state index is 6.13. The molecule has 0 radical (unpaired) electrons. The number of rotatable bonds is 6. The fourth-order valence-electron chi connectivity index (χ4n) is 3.28. The minimum absolute atomic E-state index is 0. The highest BCUT2D eigenvalue weighted by atomic mass is 127. The SMILES string of the molecule is COc1cccc(NC(N)=NCC(c2cccs2)N2CCC(C)CC2)c1.I. The zero-order valence-corrected chi connectivity index (χ0v) is 19.1. The van der Waals surface area contributed by atoms with E-state index in [0.29, 0.717) is 18.5 Å². The second-order valence-electron chi connectivity index (χ2n) is 6.83. The number of hydrogen-bond acceptors (Lipinski definition) is 4. The summed E-state index contributed by atoms with van der Waals surface area (Å²) in [7, 11) is 1.65. The van der Waals surface area contributed by atoms with Gasteiger partial charge in [0.2, 0.25) is 0 Å². The zero-order chi connectivity index (χ0) is 18.4. The summed E-state index contributed by atoms with van der Waals surface area (Å²) in [5.74, 6) is 2.05. The van der Waals surface area contributed by atoms with E-state index in [-0.39, 0.29) is 24.0 Å². The van der Waals surface area contributed by atoms with Crippen LogP contribution in [0.3, 0.4) is 0 Å². The predicted octanol–water partition coefficient (Wildman–Crippen LogP) is 4.57. The molecule has 1 aromatic heterocycles. The molecule has 1 aromatic carbocycles. The molecule has 27 heavy (non-hydrogen) atoms. The number of benzene rings is 1. The van der Waals surface area contributed by atoms with E-state index < -0.39 is 0 Å². The highest BCUT2D eigenvalue weighted by Gasteiger charge is 2.25. The van der Waals surface area contributed by atoms with E-state index in [2.05, 4.69) is 39.6 Å². The highest BCUT2D eigenvalue weighted by Crippen LogP contribution is 2.29. The Bertz CT molecular complexity index is 715. The average molecular weight is 500 g/mol. The third-order valence-electron chi connectivity index (χ3n) is 4.91. The number of ether oxygens (including phenoxy) is 1.